The van der Waals surface area contributed by atoms with Gasteiger partial charge < -0.3 is 10.1 Å². The minimum Gasteiger partial charge on any atom is -0.494 e. The molecule has 3 rings (SSSR count). The normalized spacial score (nSPS) is 11.8. The van der Waals surface area contributed by atoms with Gasteiger partial charge in [-0.2, -0.15) is 4.31 Å². The van der Waals surface area contributed by atoms with Crippen LogP contribution in [0.25, 0.3) is 0 Å². The minimum atomic E-state index is -4.22. The Balaban J connectivity index is 1.85. The van der Waals surface area contributed by atoms with Crippen molar-refractivity contribution in [3.63, 3.8) is 0 Å². The lowest BCUT2D eigenvalue weighted by Gasteiger charge is -2.24. The SMILES string of the molecule is CCOc1ccc(S(=O)(=O)N(CC(=O)Nc2ccc(S(=O)(=O)N(CC)CC)cc2)c2ccc(F)cc2)cc1. The molecule has 0 saturated carbocycles. The van der Waals surface area contributed by atoms with Crippen molar-refractivity contribution in [3.05, 3.63) is 78.6 Å². The molecular weight excluding hydrogens is 533 g/mol. The van der Waals surface area contributed by atoms with Gasteiger partial charge in [0.2, 0.25) is 15.9 Å². The van der Waals surface area contributed by atoms with Gasteiger partial charge in [-0.3, -0.25) is 9.10 Å². The molecule has 0 aromatic heterocycles. The number of amides is 1. The van der Waals surface area contributed by atoms with E-state index < -0.39 is 38.3 Å². The maximum atomic E-state index is 13.5. The van der Waals surface area contributed by atoms with E-state index in [1.165, 1.54) is 65.0 Å². The molecule has 0 heterocycles. The summed E-state index contributed by atoms with van der Waals surface area (Å²) in [5, 5.41) is 2.59. The highest BCUT2D eigenvalue weighted by atomic mass is 32.2. The number of anilines is 2. The Labute approximate surface area is 222 Å². The minimum absolute atomic E-state index is 0.0743. The third-order valence-electron chi connectivity index (χ3n) is 5.61. The third kappa shape index (κ3) is 6.69. The second-order valence-corrected chi connectivity index (χ2v) is 11.9. The van der Waals surface area contributed by atoms with Crippen molar-refractivity contribution in [1.82, 2.24) is 4.31 Å². The van der Waals surface area contributed by atoms with Crippen LogP contribution < -0.4 is 14.4 Å². The van der Waals surface area contributed by atoms with Crippen LogP contribution in [0.15, 0.2) is 82.6 Å². The van der Waals surface area contributed by atoms with Crippen LogP contribution in [0.4, 0.5) is 15.8 Å². The fraction of sp³-hybridized carbons (Fsp3) is 0.269. The summed E-state index contributed by atoms with van der Waals surface area (Å²) in [5.74, 6) is -0.747. The lowest BCUT2D eigenvalue weighted by atomic mass is 10.3. The molecule has 0 aliphatic rings. The Kier molecular flexibility index (Phi) is 9.47. The van der Waals surface area contributed by atoms with Crippen LogP contribution in [0.1, 0.15) is 20.8 Å². The zero-order valence-electron chi connectivity index (χ0n) is 21.3. The number of halogens is 1. The van der Waals surface area contributed by atoms with Crippen molar-refractivity contribution in [2.45, 2.75) is 30.6 Å². The number of carbonyl (C=O) groups excluding carboxylic acids is 1. The Bertz CT molecular complexity index is 1440. The first-order valence-corrected chi connectivity index (χ1v) is 14.8. The van der Waals surface area contributed by atoms with Crippen LogP contribution >= 0.6 is 0 Å². The summed E-state index contributed by atoms with van der Waals surface area (Å²) in [6, 6.07) is 16.1. The quantitative estimate of drug-likeness (QED) is 0.355. The number of nitrogens with zero attached hydrogens (tertiary/aromatic N) is 2. The summed E-state index contributed by atoms with van der Waals surface area (Å²) in [4.78, 5) is 12.9. The van der Waals surface area contributed by atoms with Crippen molar-refractivity contribution in [2.75, 3.05) is 35.9 Å². The standard InChI is InChI=1S/C26H30FN3O6S2/c1-4-29(5-2)37(32,33)24-15-9-21(10-16-24)28-26(31)19-30(22-11-7-20(27)8-12-22)38(34,35)25-17-13-23(14-18-25)36-6-3/h7-18H,4-6,19H2,1-3H3,(H,28,31). The van der Waals surface area contributed by atoms with Crippen molar-refractivity contribution in [1.29, 1.82) is 0 Å². The molecule has 1 N–H and O–H groups in total. The molecule has 0 saturated heterocycles. The molecule has 1 amide bonds. The van der Waals surface area contributed by atoms with Crippen LogP contribution in [0, 0.1) is 5.82 Å². The van der Waals surface area contributed by atoms with Gasteiger partial charge in [0.1, 0.15) is 18.1 Å². The van der Waals surface area contributed by atoms with E-state index in [9.17, 15) is 26.0 Å². The predicted octanol–water partition coefficient (Wildman–Crippen LogP) is 4.09. The molecule has 204 valence electrons. The highest BCUT2D eigenvalue weighted by Gasteiger charge is 2.28. The largest absolute Gasteiger partial charge is 0.494 e. The van der Waals surface area contributed by atoms with Crippen LogP contribution in [0.3, 0.4) is 0 Å². The van der Waals surface area contributed by atoms with E-state index >= 15 is 0 Å². The molecule has 12 heteroatoms. The first-order valence-electron chi connectivity index (χ1n) is 11.9. The molecule has 0 fully saturated rings. The molecule has 0 unspecified atom stereocenters. The van der Waals surface area contributed by atoms with Crippen molar-refractivity contribution in [2.24, 2.45) is 0 Å². The maximum absolute atomic E-state index is 13.5. The van der Waals surface area contributed by atoms with Gasteiger partial charge in [-0.15, -0.1) is 0 Å². The lowest BCUT2D eigenvalue weighted by molar-refractivity contribution is -0.114. The van der Waals surface area contributed by atoms with Crippen molar-refractivity contribution in [3.8, 4) is 5.75 Å². The molecular formula is C26H30FN3O6S2. The number of hydrogen-bond acceptors (Lipinski definition) is 6. The zero-order valence-corrected chi connectivity index (χ0v) is 22.9. The van der Waals surface area contributed by atoms with E-state index in [4.69, 9.17) is 4.74 Å². The van der Waals surface area contributed by atoms with Gasteiger partial charge in [0.05, 0.1) is 22.1 Å². The summed E-state index contributed by atoms with van der Waals surface area (Å²) in [5.41, 5.74) is 0.377. The first kappa shape index (κ1) is 29.1. The number of rotatable bonds is 12. The molecule has 0 atom stereocenters. The molecule has 3 aromatic rings. The Morgan fingerprint density at radius 2 is 1.32 bits per heavy atom. The number of nitrogens with one attached hydrogen (secondary N) is 1. The second-order valence-electron chi connectivity index (χ2n) is 8.05. The average molecular weight is 564 g/mol. The van der Waals surface area contributed by atoms with Gasteiger partial charge in [-0.1, -0.05) is 13.8 Å². The van der Waals surface area contributed by atoms with E-state index in [0.717, 1.165) is 16.4 Å². The fourth-order valence-corrected chi connectivity index (χ4v) is 6.56. The van der Waals surface area contributed by atoms with Crippen LogP contribution in [-0.4, -0.2) is 53.3 Å². The molecule has 3 aromatic carbocycles. The van der Waals surface area contributed by atoms with Crippen LogP contribution in [0.2, 0.25) is 0 Å². The molecule has 0 bridgehead atoms. The van der Waals surface area contributed by atoms with E-state index in [2.05, 4.69) is 5.32 Å². The number of ether oxygens (including phenoxy) is 1. The molecule has 0 aliphatic carbocycles. The Hall–Kier alpha value is -3.48. The maximum Gasteiger partial charge on any atom is 0.264 e. The highest BCUT2D eigenvalue weighted by molar-refractivity contribution is 7.92. The number of hydrogen-bond donors (Lipinski definition) is 1. The summed E-state index contributed by atoms with van der Waals surface area (Å²) in [7, 11) is -7.89. The Morgan fingerprint density at radius 1 is 0.789 bits per heavy atom. The van der Waals surface area contributed by atoms with Gasteiger partial charge in [-0.05, 0) is 79.7 Å². The Morgan fingerprint density at radius 3 is 1.84 bits per heavy atom. The summed E-state index contributed by atoms with van der Waals surface area (Å²) < 4.78 is 73.4. The topological polar surface area (TPSA) is 113 Å². The van der Waals surface area contributed by atoms with E-state index in [1.807, 2.05) is 0 Å². The smallest absolute Gasteiger partial charge is 0.264 e. The lowest BCUT2D eigenvalue weighted by Crippen LogP contribution is -2.38. The number of benzene rings is 3. The first-order chi connectivity index (χ1) is 18.0. The van der Waals surface area contributed by atoms with Gasteiger partial charge >= 0.3 is 0 Å². The second kappa shape index (κ2) is 12.4. The average Bonchev–Trinajstić information content (AvgIpc) is 2.89. The highest BCUT2D eigenvalue weighted by Crippen LogP contribution is 2.26. The summed E-state index contributed by atoms with van der Waals surface area (Å²) in [6.45, 7) is 5.72. The third-order valence-corrected chi connectivity index (χ3v) is 9.46. The van der Waals surface area contributed by atoms with E-state index in [-0.39, 0.29) is 21.2 Å². The van der Waals surface area contributed by atoms with E-state index in [1.54, 1.807) is 20.8 Å². The van der Waals surface area contributed by atoms with Crippen molar-refractivity contribution >= 4 is 37.3 Å². The van der Waals surface area contributed by atoms with Crippen molar-refractivity contribution < 1.29 is 30.8 Å². The molecule has 0 aliphatic heterocycles. The zero-order chi connectivity index (χ0) is 27.9. The van der Waals surface area contributed by atoms with Crippen LogP contribution in [0.5, 0.6) is 5.75 Å². The molecule has 38 heavy (non-hydrogen) atoms. The molecule has 9 nitrogen and oxygen atoms in total. The molecule has 0 spiro atoms. The van der Waals surface area contributed by atoms with Gasteiger partial charge in [0.15, 0.2) is 0 Å². The summed E-state index contributed by atoms with van der Waals surface area (Å²) in [6.07, 6.45) is 0. The number of sulfonamides is 2. The van der Waals surface area contributed by atoms with Crippen LogP contribution in [-0.2, 0) is 24.8 Å². The monoisotopic (exact) mass is 563 g/mol. The van der Waals surface area contributed by atoms with E-state index in [0.29, 0.717) is 25.4 Å². The number of carbonyl (C=O) groups is 1. The van der Waals surface area contributed by atoms with Gasteiger partial charge in [-0.25, -0.2) is 21.2 Å². The van der Waals surface area contributed by atoms with Gasteiger partial charge in [0, 0.05) is 18.8 Å². The van der Waals surface area contributed by atoms with Gasteiger partial charge in [0.25, 0.3) is 10.0 Å². The summed E-state index contributed by atoms with van der Waals surface area (Å²) >= 11 is 0. The predicted molar refractivity (Wildman–Crippen MR) is 144 cm³/mol. The molecule has 0 radical (unpaired) electrons. The fourth-order valence-electron chi connectivity index (χ4n) is 3.68.